The fraction of sp³-hybridized carbons (Fsp3) is 0.0741. The van der Waals surface area contributed by atoms with Crippen molar-refractivity contribution in [3.63, 3.8) is 0 Å². The second-order valence-electron chi connectivity index (χ2n) is 7.11. The van der Waals surface area contributed by atoms with Gasteiger partial charge in [-0.1, -0.05) is 24.1 Å². The van der Waals surface area contributed by atoms with Crippen LogP contribution in [0.1, 0.15) is 8.35 Å². The second kappa shape index (κ2) is 11.5. The fourth-order valence-corrected chi connectivity index (χ4v) is 4.02. The molecule has 1 unspecified atom stereocenters. The van der Waals surface area contributed by atoms with Crippen molar-refractivity contribution in [3.05, 3.63) is 97.8 Å². The normalized spacial score (nSPS) is 11.1. The van der Waals surface area contributed by atoms with E-state index in [0.717, 1.165) is 38.8 Å². The Hall–Kier alpha value is -3.15. The molecule has 0 saturated carbocycles. The van der Waals surface area contributed by atoms with Gasteiger partial charge in [-0.25, -0.2) is 0 Å². The zero-order chi connectivity index (χ0) is 22.9. The van der Waals surface area contributed by atoms with Crippen LogP contribution in [-0.2, 0) is 0 Å². The molecule has 1 atom stereocenters. The molecule has 1 N–H and O–H groups in total. The topological polar surface area (TPSA) is 37.8 Å². The van der Waals surface area contributed by atoms with Crippen LogP contribution in [0, 0.1) is 0 Å². The monoisotopic (exact) mass is 459 g/mol. The van der Waals surface area contributed by atoms with E-state index < -0.39 is 0 Å². The number of anilines is 2. The van der Waals surface area contributed by atoms with E-state index in [-0.39, 0.29) is 11.9 Å². The predicted octanol–water partition coefficient (Wildman–Crippen LogP) is 7.97. The van der Waals surface area contributed by atoms with Crippen molar-refractivity contribution in [3.8, 4) is 22.5 Å². The van der Waals surface area contributed by atoms with Gasteiger partial charge in [-0.05, 0) is 73.8 Å². The lowest BCUT2D eigenvalue weighted by Gasteiger charge is -2.14. The Morgan fingerprint density at radius 1 is 0.875 bits per heavy atom. The number of hydrogen-bond donors (Lipinski definition) is 2. The molecule has 3 nitrogen and oxygen atoms in total. The molecular formula is C27H29N3S2. The maximum atomic E-state index is 4.58. The number of aromatic nitrogens is 2. The Morgan fingerprint density at radius 3 is 1.91 bits per heavy atom. The molecule has 4 rings (SSSR count). The summed E-state index contributed by atoms with van der Waals surface area (Å²) in [6.07, 6.45) is 7.48. The first kappa shape index (κ1) is 23.5. The van der Waals surface area contributed by atoms with E-state index in [2.05, 4.69) is 70.9 Å². The van der Waals surface area contributed by atoms with Crippen LogP contribution in [0.5, 0.6) is 0 Å². The fourth-order valence-electron chi connectivity index (χ4n) is 3.09. The van der Waals surface area contributed by atoms with Crippen LogP contribution >= 0.6 is 23.1 Å². The van der Waals surface area contributed by atoms with Crippen LogP contribution in [-0.4, -0.2) is 22.1 Å². The summed E-state index contributed by atoms with van der Waals surface area (Å²) >= 11 is 4.58. The first-order chi connectivity index (χ1) is 15.5. The van der Waals surface area contributed by atoms with Crippen molar-refractivity contribution >= 4 is 40.4 Å². The van der Waals surface area contributed by atoms with Crippen LogP contribution in [0.3, 0.4) is 0 Å². The molecule has 0 aliphatic heterocycles. The molecule has 2 heterocycles. The quantitative estimate of drug-likeness (QED) is 0.180. The lowest BCUT2D eigenvalue weighted by molar-refractivity contribution is 1.30. The van der Waals surface area contributed by atoms with Crippen molar-refractivity contribution in [2.75, 3.05) is 11.6 Å². The third-order valence-electron chi connectivity index (χ3n) is 4.44. The molecule has 0 spiro atoms. The van der Waals surface area contributed by atoms with Crippen molar-refractivity contribution in [2.45, 2.75) is 16.7 Å². The van der Waals surface area contributed by atoms with Gasteiger partial charge < -0.3 is 5.32 Å². The minimum absolute atomic E-state index is 0. The van der Waals surface area contributed by atoms with E-state index >= 15 is 0 Å². The summed E-state index contributed by atoms with van der Waals surface area (Å²) in [6.45, 7) is 5.25. The summed E-state index contributed by atoms with van der Waals surface area (Å²) < 4.78 is 0. The second-order valence-corrected chi connectivity index (χ2v) is 9.38. The van der Waals surface area contributed by atoms with Crippen LogP contribution in [0.25, 0.3) is 22.5 Å². The van der Waals surface area contributed by atoms with Crippen molar-refractivity contribution < 1.29 is 1.43 Å². The first-order valence-corrected chi connectivity index (χ1v) is 12.4. The predicted molar refractivity (Wildman–Crippen MR) is 147 cm³/mol. The summed E-state index contributed by atoms with van der Waals surface area (Å²) in [4.78, 5) is 11.0. The van der Waals surface area contributed by atoms with Gasteiger partial charge >= 0.3 is 0 Å². The zero-order valence-corrected chi connectivity index (χ0v) is 20.0. The Labute approximate surface area is 200 Å². The molecule has 5 heteroatoms. The standard InChI is InChI=1S/C24H21N3S2.C3H6.H2/c1-29(2)22-14-18(24-8-4-6-10-26-24)12-20(16-22)27-19-11-17(13-21(28)15-19)23-7-3-5-9-25-23;1-3-2;/h3-16,27-28H,1H2,2H3;3H,1H2,2H3;1H. The summed E-state index contributed by atoms with van der Waals surface area (Å²) in [5, 5.41) is 3.53. The minimum atomic E-state index is -0.113. The van der Waals surface area contributed by atoms with Crippen LogP contribution in [0.15, 0.2) is 108 Å². The summed E-state index contributed by atoms with van der Waals surface area (Å²) in [7, 11) is -0.113. The number of benzene rings is 2. The molecule has 164 valence electrons. The van der Waals surface area contributed by atoms with Gasteiger partial charge in [0, 0.05) is 46.1 Å². The van der Waals surface area contributed by atoms with Crippen molar-refractivity contribution in [1.29, 1.82) is 0 Å². The highest BCUT2D eigenvalue weighted by Crippen LogP contribution is 2.33. The van der Waals surface area contributed by atoms with Gasteiger partial charge in [0.1, 0.15) is 0 Å². The molecule has 0 aliphatic carbocycles. The summed E-state index contributed by atoms with van der Waals surface area (Å²) in [5.41, 5.74) is 5.91. The highest BCUT2D eigenvalue weighted by molar-refractivity contribution is 8.13. The average Bonchev–Trinajstić information content (AvgIpc) is 2.80. The smallest absolute Gasteiger partial charge is 0.0703 e. The van der Waals surface area contributed by atoms with Crippen LogP contribution in [0.4, 0.5) is 11.4 Å². The van der Waals surface area contributed by atoms with Gasteiger partial charge in [-0.15, -0.1) is 19.2 Å². The number of pyridine rings is 2. The van der Waals surface area contributed by atoms with E-state index in [9.17, 15) is 0 Å². The highest BCUT2D eigenvalue weighted by Gasteiger charge is 2.07. The average molecular weight is 460 g/mol. The van der Waals surface area contributed by atoms with Crippen LogP contribution in [0.2, 0.25) is 0 Å². The van der Waals surface area contributed by atoms with Crippen LogP contribution < -0.4 is 5.32 Å². The Bertz CT molecular complexity index is 1210. The third-order valence-corrected chi connectivity index (χ3v) is 5.74. The van der Waals surface area contributed by atoms with Gasteiger partial charge in [0.15, 0.2) is 0 Å². The number of rotatable bonds is 5. The molecule has 32 heavy (non-hydrogen) atoms. The van der Waals surface area contributed by atoms with Gasteiger partial charge in [-0.3, -0.25) is 9.97 Å². The number of hydrogen-bond acceptors (Lipinski definition) is 4. The summed E-state index contributed by atoms with van der Waals surface area (Å²) in [6, 6.07) is 24.4. The Morgan fingerprint density at radius 2 is 1.41 bits per heavy atom. The highest BCUT2D eigenvalue weighted by atomic mass is 32.2. The van der Waals surface area contributed by atoms with Crippen molar-refractivity contribution in [2.24, 2.45) is 0 Å². The molecule has 2 aromatic carbocycles. The SMILES string of the molecule is C=CC.C=S(C)c1cc(Nc2cc(S)cc(-c3ccccn3)c2)cc(-c2ccccn2)c1.[HH]. The molecule has 0 saturated heterocycles. The van der Waals surface area contributed by atoms with Gasteiger partial charge in [-0.2, -0.15) is 10.5 Å². The molecule has 0 aliphatic rings. The molecule has 0 bridgehead atoms. The lowest BCUT2D eigenvalue weighted by Crippen LogP contribution is -1.94. The van der Waals surface area contributed by atoms with Gasteiger partial charge in [0.2, 0.25) is 0 Å². The number of allylic oxidation sites excluding steroid dienone is 1. The van der Waals surface area contributed by atoms with E-state index in [4.69, 9.17) is 0 Å². The maximum Gasteiger partial charge on any atom is 0.0703 e. The van der Waals surface area contributed by atoms with Gasteiger partial charge in [0.05, 0.1) is 11.4 Å². The summed E-state index contributed by atoms with van der Waals surface area (Å²) in [5.74, 6) is 4.22. The number of thiol groups is 1. The Kier molecular flexibility index (Phi) is 8.42. The molecule has 0 amide bonds. The number of nitrogens with zero attached hydrogens (tertiary/aromatic N) is 2. The first-order valence-electron chi connectivity index (χ1n) is 10.1. The van der Waals surface area contributed by atoms with Crippen molar-refractivity contribution in [1.82, 2.24) is 9.97 Å². The number of nitrogens with one attached hydrogen (secondary N) is 1. The van der Waals surface area contributed by atoms with Gasteiger partial charge in [0.25, 0.3) is 0 Å². The van der Waals surface area contributed by atoms with E-state index in [1.807, 2.05) is 61.7 Å². The zero-order valence-electron chi connectivity index (χ0n) is 18.3. The third kappa shape index (κ3) is 6.42. The Balaban J connectivity index is 0.000000914. The maximum absolute atomic E-state index is 4.58. The molecule has 2 aromatic heterocycles. The lowest BCUT2D eigenvalue weighted by atomic mass is 10.1. The molecule has 0 fully saturated rings. The molecule has 4 aromatic rings. The molecular weight excluding hydrogens is 430 g/mol. The largest absolute Gasteiger partial charge is 0.355 e. The minimum Gasteiger partial charge on any atom is -0.355 e. The van der Waals surface area contributed by atoms with E-state index in [1.165, 1.54) is 4.90 Å². The van der Waals surface area contributed by atoms with E-state index in [1.54, 1.807) is 12.3 Å². The van der Waals surface area contributed by atoms with E-state index in [0.29, 0.717) is 0 Å². The molecule has 0 radical (unpaired) electrons.